The van der Waals surface area contributed by atoms with Gasteiger partial charge < -0.3 is 4.74 Å². The predicted octanol–water partition coefficient (Wildman–Crippen LogP) is 4.48. The third-order valence-electron chi connectivity index (χ3n) is 1.63. The summed E-state index contributed by atoms with van der Waals surface area (Å²) in [5, 5.41) is 2.40. The van der Waals surface area contributed by atoms with Gasteiger partial charge in [0.1, 0.15) is 11.4 Å². The lowest BCUT2D eigenvalue weighted by Gasteiger charge is -2.20. The van der Waals surface area contributed by atoms with E-state index in [9.17, 15) is 9.18 Å². The molecule has 3 nitrogen and oxygen atoms in total. The van der Waals surface area contributed by atoms with Gasteiger partial charge in [0.15, 0.2) is 0 Å². The second kappa shape index (κ2) is 5.10. The van der Waals surface area contributed by atoms with E-state index < -0.39 is 17.5 Å². The molecular weight excluding hydrogens is 268 g/mol. The van der Waals surface area contributed by atoms with Crippen LogP contribution in [0.25, 0.3) is 0 Å². The number of ether oxygens (including phenoxy) is 1. The fourth-order valence-corrected chi connectivity index (χ4v) is 1.62. The molecule has 0 unspecified atom stereocenters. The Labute approximate surface area is 109 Å². The molecule has 17 heavy (non-hydrogen) atoms. The number of amides is 1. The van der Waals surface area contributed by atoms with Crippen molar-refractivity contribution in [2.24, 2.45) is 0 Å². The van der Waals surface area contributed by atoms with Crippen molar-refractivity contribution in [3.8, 4) is 0 Å². The van der Waals surface area contributed by atoms with E-state index in [2.05, 4.69) is 5.32 Å². The van der Waals surface area contributed by atoms with E-state index in [0.717, 1.165) is 12.1 Å². The molecular formula is C11H12Cl2FNO2. The topological polar surface area (TPSA) is 38.3 Å². The third kappa shape index (κ3) is 4.40. The molecule has 0 radical (unpaired) electrons. The zero-order chi connectivity index (χ0) is 13.2. The summed E-state index contributed by atoms with van der Waals surface area (Å²) < 4.78 is 17.9. The van der Waals surface area contributed by atoms with Gasteiger partial charge in [0.2, 0.25) is 0 Å². The Hall–Kier alpha value is -1.00. The van der Waals surface area contributed by atoms with Gasteiger partial charge in [-0.1, -0.05) is 23.2 Å². The fourth-order valence-electron chi connectivity index (χ4n) is 1.07. The zero-order valence-electron chi connectivity index (χ0n) is 9.61. The lowest BCUT2D eigenvalue weighted by Crippen LogP contribution is -2.27. The van der Waals surface area contributed by atoms with Crippen LogP contribution in [0.3, 0.4) is 0 Å². The van der Waals surface area contributed by atoms with Crippen molar-refractivity contribution in [2.45, 2.75) is 26.4 Å². The van der Waals surface area contributed by atoms with E-state index in [1.807, 2.05) is 0 Å². The van der Waals surface area contributed by atoms with Gasteiger partial charge in [-0.2, -0.15) is 0 Å². The van der Waals surface area contributed by atoms with E-state index >= 15 is 0 Å². The first-order valence-electron chi connectivity index (χ1n) is 4.83. The number of carbonyl (C=O) groups excluding carboxylic acids is 1. The Morgan fingerprint density at radius 3 is 2.18 bits per heavy atom. The van der Waals surface area contributed by atoms with Crippen LogP contribution in [-0.4, -0.2) is 11.7 Å². The summed E-state index contributed by atoms with van der Waals surface area (Å²) in [4.78, 5) is 11.5. The fraction of sp³-hybridized carbons (Fsp3) is 0.364. The second-order valence-electron chi connectivity index (χ2n) is 4.37. The third-order valence-corrected chi connectivity index (χ3v) is 2.23. The molecule has 0 saturated carbocycles. The van der Waals surface area contributed by atoms with Crippen LogP contribution in [0.5, 0.6) is 0 Å². The van der Waals surface area contributed by atoms with Gasteiger partial charge in [-0.05, 0) is 32.9 Å². The Balaban J connectivity index is 2.86. The number of anilines is 1. The SMILES string of the molecule is CC(C)(C)OC(=O)Nc1c(Cl)cc(F)cc1Cl. The average Bonchev–Trinajstić information content (AvgIpc) is 2.08. The van der Waals surface area contributed by atoms with Crippen LogP contribution in [0.4, 0.5) is 14.9 Å². The lowest BCUT2D eigenvalue weighted by molar-refractivity contribution is 0.0636. The minimum Gasteiger partial charge on any atom is -0.444 e. The van der Waals surface area contributed by atoms with Crippen LogP contribution in [0.1, 0.15) is 20.8 Å². The number of halogens is 3. The van der Waals surface area contributed by atoms with Crippen LogP contribution in [0, 0.1) is 5.82 Å². The van der Waals surface area contributed by atoms with Crippen molar-refractivity contribution in [1.29, 1.82) is 0 Å². The second-order valence-corrected chi connectivity index (χ2v) is 5.19. The van der Waals surface area contributed by atoms with Crippen molar-refractivity contribution in [2.75, 3.05) is 5.32 Å². The minimum absolute atomic E-state index is 0.0147. The summed E-state index contributed by atoms with van der Waals surface area (Å²) in [6.45, 7) is 5.17. The van der Waals surface area contributed by atoms with Gasteiger partial charge in [0, 0.05) is 0 Å². The Kier molecular flexibility index (Phi) is 4.22. The van der Waals surface area contributed by atoms with Crippen molar-refractivity contribution < 1.29 is 13.9 Å². The van der Waals surface area contributed by atoms with Gasteiger partial charge in [-0.3, -0.25) is 5.32 Å². The molecule has 0 fully saturated rings. The normalized spacial score (nSPS) is 11.2. The number of nitrogens with one attached hydrogen (secondary N) is 1. The zero-order valence-corrected chi connectivity index (χ0v) is 11.1. The van der Waals surface area contributed by atoms with E-state index in [-0.39, 0.29) is 15.7 Å². The first-order chi connectivity index (χ1) is 7.69. The van der Waals surface area contributed by atoms with E-state index in [4.69, 9.17) is 27.9 Å². The van der Waals surface area contributed by atoms with Gasteiger partial charge in [0.05, 0.1) is 15.7 Å². The van der Waals surface area contributed by atoms with Gasteiger partial charge in [-0.15, -0.1) is 0 Å². The number of hydrogen-bond donors (Lipinski definition) is 1. The molecule has 0 atom stereocenters. The molecule has 0 aliphatic heterocycles. The molecule has 0 spiro atoms. The summed E-state index contributed by atoms with van der Waals surface area (Å²) >= 11 is 11.5. The lowest BCUT2D eigenvalue weighted by atomic mass is 10.2. The molecule has 6 heteroatoms. The molecule has 94 valence electrons. The number of rotatable bonds is 1. The Bertz CT molecular complexity index is 421. The number of hydrogen-bond acceptors (Lipinski definition) is 2. The summed E-state index contributed by atoms with van der Waals surface area (Å²) in [6.07, 6.45) is -0.701. The predicted molar refractivity (Wildman–Crippen MR) is 66.3 cm³/mol. The first kappa shape index (κ1) is 14.1. The van der Waals surface area contributed by atoms with Gasteiger partial charge >= 0.3 is 6.09 Å². The summed E-state index contributed by atoms with van der Waals surface area (Å²) in [5.74, 6) is -0.574. The van der Waals surface area contributed by atoms with E-state index in [1.54, 1.807) is 20.8 Å². The summed E-state index contributed by atoms with van der Waals surface area (Å²) in [5.41, 5.74) is -0.507. The standard InChI is InChI=1S/C11H12Cl2FNO2/c1-11(2,3)17-10(16)15-9-7(12)4-6(14)5-8(9)13/h4-5H,1-3H3,(H,15,16). The monoisotopic (exact) mass is 279 g/mol. The van der Waals surface area contributed by atoms with Crippen LogP contribution in [0.15, 0.2) is 12.1 Å². The summed E-state index contributed by atoms with van der Waals surface area (Å²) in [7, 11) is 0. The smallest absolute Gasteiger partial charge is 0.412 e. The molecule has 1 N–H and O–H groups in total. The molecule has 1 aromatic rings. The van der Waals surface area contributed by atoms with Crippen LogP contribution in [-0.2, 0) is 4.74 Å². The number of benzene rings is 1. The molecule has 0 aliphatic rings. The molecule has 0 heterocycles. The van der Waals surface area contributed by atoms with Crippen molar-refractivity contribution >= 4 is 35.0 Å². The quantitative estimate of drug-likeness (QED) is 0.823. The van der Waals surface area contributed by atoms with Gasteiger partial charge in [-0.25, -0.2) is 9.18 Å². The number of carbonyl (C=O) groups is 1. The van der Waals surface area contributed by atoms with Crippen LogP contribution in [0.2, 0.25) is 10.0 Å². The summed E-state index contributed by atoms with van der Waals surface area (Å²) in [6, 6.07) is 2.11. The highest BCUT2D eigenvalue weighted by atomic mass is 35.5. The Morgan fingerprint density at radius 1 is 1.29 bits per heavy atom. The highest BCUT2D eigenvalue weighted by Crippen LogP contribution is 2.31. The van der Waals surface area contributed by atoms with Crippen LogP contribution >= 0.6 is 23.2 Å². The average molecular weight is 280 g/mol. The Morgan fingerprint density at radius 2 is 1.76 bits per heavy atom. The molecule has 1 amide bonds. The minimum atomic E-state index is -0.701. The van der Waals surface area contributed by atoms with Crippen molar-refractivity contribution in [3.05, 3.63) is 28.0 Å². The van der Waals surface area contributed by atoms with Crippen molar-refractivity contribution in [3.63, 3.8) is 0 Å². The van der Waals surface area contributed by atoms with Gasteiger partial charge in [0.25, 0.3) is 0 Å². The molecule has 1 aromatic carbocycles. The van der Waals surface area contributed by atoms with E-state index in [1.165, 1.54) is 0 Å². The molecule has 0 aliphatic carbocycles. The van der Waals surface area contributed by atoms with Crippen LogP contribution < -0.4 is 5.32 Å². The highest BCUT2D eigenvalue weighted by molar-refractivity contribution is 6.39. The molecule has 1 rings (SSSR count). The first-order valence-corrected chi connectivity index (χ1v) is 5.59. The highest BCUT2D eigenvalue weighted by Gasteiger charge is 2.18. The maximum atomic E-state index is 12.9. The van der Waals surface area contributed by atoms with E-state index in [0.29, 0.717) is 0 Å². The molecule has 0 aromatic heterocycles. The maximum absolute atomic E-state index is 12.9. The molecule has 0 saturated heterocycles. The van der Waals surface area contributed by atoms with Crippen molar-refractivity contribution in [1.82, 2.24) is 0 Å². The molecule has 0 bridgehead atoms. The largest absolute Gasteiger partial charge is 0.444 e. The maximum Gasteiger partial charge on any atom is 0.412 e.